The Labute approximate surface area is 252 Å². The van der Waals surface area contributed by atoms with Gasteiger partial charge < -0.3 is 20.1 Å². The van der Waals surface area contributed by atoms with E-state index in [2.05, 4.69) is 35.8 Å². The summed E-state index contributed by atoms with van der Waals surface area (Å²) in [5, 5.41) is 5.95. The van der Waals surface area contributed by atoms with Crippen LogP contribution in [0, 0.1) is 5.92 Å². The van der Waals surface area contributed by atoms with Gasteiger partial charge in [0.05, 0.1) is 7.11 Å². The average molecular weight is 581 g/mol. The van der Waals surface area contributed by atoms with E-state index < -0.39 is 6.04 Å². The largest absolute Gasteiger partial charge is 0.497 e. The number of benzene rings is 1. The second kappa shape index (κ2) is 18.4. The van der Waals surface area contributed by atoms with Gasteiger partial charge in [0.2, 0.25) is 11.8 Å². The van der Waals surface area contributed by atoms with Gasteiger partial charge in [-0.2, -0.15) is 0 Å². The smallest absolute Gasteiger partial charge is 0.328 e. The first-order chi connectivity index (χ1) is 20.3. The lowest BCUT2D eigenvalue weighted by Gasteiger charge is -2.24. The molecule has 42 heavy (non-hydrogen) atoms. The number of hydrogen-bond donors (Lipinski definition) is 2. The summed E-state index contributed by atoms with van der Waals surface area (Å²) in [7, 11) is 1.64. The number of methoxy groups -OCH3 is 1. The van der Waals surface area contributed by atoms with Crippen molar-refractivity contribution in [2.75, 3.05) is 12.4 Å². The van der Waals surface area contributed by atoms with Crippen LogP contribution in [-0.4, -0.2) is 37.0 Å². The summed E-state index contributed by atoms with van der Waals surface area (Å²) in [5.41, 5.74) is 3.14. The molecule has 0 unspecified atom stereocenters. The van der Waals surface area contributed by atoms with Crippen LogP contribution in [0.25, 0.3) is 0 Å². The number of aryl methyl sites for hydroxylation is 1. The summed E-state index contributed by atoms with van der Waals surface area (Å²) in [4.78, 5) is 38.1. The van der Waals surface area contributed by atoms with Crippen molar-refractivity contribution < 1.29 is 23.9 Å². The van der Waals surface area contributed by atoms with Gasteiger partial charge in [-0.05, 0) is 89.3 Å². The molecule has 1 heterocycles. The van der Waals surface area contributed by atoms with Gasteiger partial charge in [-0.3, -0.25) is 9.59 Å². The van der Waals surface area contributed by atoms with Crippen molar-refractivity contribution in [3.05, 3.63) is 47.6 Å². The van der Waals surface area contributed by atoms with E-state index >= 15 is 0 Å². The van der Waals surface area contributed by atoms with E-state index in [4.69, 9.17) is 9.47 Å². The normalized spacial score (nSPS) is 22.4. The zero-order valence-electron chi connectivity index (χ0n) is 26.1. The predicted molar refractivity (Wildman–Crippen MR) is 168 cm³/mol. The van der Waals surface area contributed by atoms with E-state index in [9.17, 15) is 14.4 Å². The molecule has 0 aromatic heterocycles. The van der Waals surface area contributed by atoms with Crippen LogP contribution in [0.2, 0.25) is 0 Å². The Balaban J connectivity index is 1.62. The predicted octanol–water partition coefficient (Wildman–Crippen LogP) is 7.59. The van der Waals surface area contributed by atoms with Crippen LogP contribution in [0.4, 0.5) is 5.69 Å². The van der Waals surface area contributed by atoms with Crippen molar-refractivity contribution in [3.63, 3.8) is 0 Å². The second-order valence-corrected chi connectivity index (χ2v) is 12.0. The number of fused-ring (bicyclic) bond motifs is 2. The first-order valence-corrected chi connectivity index (χ1v) is 16.1. The van der Waals surface area contributed by atoms with Crippen molar-refractivity contribution in [1.29, 1.82) is 0 Å². The number of anilines is 1. The maximum Gasteiger partial charge on any atom is 0.328 e. The van der Waals surface area contributed by atoms with Crippen LogP contribution in [-0.2, 0) is 25.5 Å². The Bertz CT molecular complexity index is 1070. The molecule has 0 radical (unpaired) electrons. The molecule has 2 amide bonds. The molecular weight excluding hydrogens is 528 g/mol. The molecule has 3 rings (SSSR count). The number of allylic oxidation sites excluding steroid dienone is 3. The summed E-state index contributed by atoms with van der Waals surface area (Å²) < 4.78 is 11.4. The Morgan fingerprint density at radius 1 is 0.905 bits per heavy atom. The molecule has 1 aromatic rings. The zero-order chi connectivity index (χ0) is 30.2. The minimum atomic E-state index is -0.653. The standard InChI is InChI=1S/C35H52N2O5/c1-26-15-14-16-28-23-30(25-32(24-28)41-3)37-33(38)20-13-8-6-4-5-7-12-19-31(22-21-26)42-35(40)27(2)36-34(39)29-17-10-9-11-18-29/h7,12,15,23-25,27,29,31H,4-6,8-11,13-14,16-22H2,1-3H3,(H,36,39)(H,37,38)/b12-7?,26-15-/t27-,31+/m1/s1. The molecule has 1 aromatic carbocycles. The highest BCUT2D eigenvalue weighted by Gasteiger charge is 2.26. The molecule has 2 aliphatic rings. The summed E-state index contributed by atoms with van der Waals surface area (Å²) in [5.74, 6) is 0.413. The lowest BCUT2D eigenvalue weighted by molar-refractivity contribution is -0.153. The third-order valence-corrected chi connectivity index (χ3v) is 8.33. The van der Waals surface area contributed by atoms with Crippen LogP contribution in [0.1, 0.15) is 116 Å². The van der Waals surface area contributed by atoms with Crippen molar-refractivity contribution in [2.45, 2.75) is 129 Å². The Morgan fingerprint density at radius 2 is 1.67 bits per heavy atom. The molecule has 7 nitrogen and oxygen atoms in total. The highest BCUT2D eigenvalue weighted by molar-refractivity contribution is 5.91. The fraction of sp³-hybridized carbons (Fsp3) is 0.629. The van der Waals surface area contributed by atoms with Crippen LogP contribution < -0.4 is 15.4 Å². The van der Waals surface area contributed by atoms with Gasteiger partial charge >= 0.3 is 5.97 Å². The summed E-state index contributed by atoms with van der Waals surface area (Å²) in [6.45, 7) is 3.85. The van der Waals surface area contributed by atoms with Crippen LogP contribution >= 0.6 is 0 Å². The van der Waals surface area contributed by atoms with E-state index in [1.54, 1.807) is 14.0 Å². The van der Waals surface area contributed by atoms with E-state index in [-0.39, 0.29) is 29.8 Å². The summed E-state index contributed by atoms with van der Waals surface area (Å²) in [6, 6.07) is 5.26. The number of carbonyl (C=O) groups excluding carboxylic acids is 3. The van der Waals surface area contributed by atoms with Gasteiger partial charge in [-0.15, -0.1) is 0 Å². The van der Waals surface area contributed by atoms with Crippen LogP contribution in [0.5, 0.6) is 5.75 Å². The molecule has 2 N–H and O–H groups in total. The fourth-order valence-corrected chi connectivity index (χ4v) is 5.71. The van der Waals surface area contributed by atoms with Gasteiger partial charge in [0, 0.05) is 30.5 Å². The molecule has 1 aliphatic heterocycles. The zero-order valence-corrected chi connectivity index (χ0v) is 26.1. The van der Waals surface area contributed by atoms with Gasteiger partial charge in [0.15, 0.2) is 0 Å². The minimum Gasteiger partial charge on any atom is -0.497 e. The molecule has 2 atom stereocenters. The van der Waals surface area contributed by atoms with Crippen molar-refractivity contribution in [1.82, 2.24) is 5.32 Å². The van der Waals surface area contributed by atoms with E-state index in [0.29, 0.717) is 12.8 Å². The monoisotopic (exact) mass is 580 g/mol. The number of ether oxygens (including phenoxy) is 2. The summed E-state index contributed by atoms with van der Waals surface area (Å²) >= 11 is 0. The van der Waals surface area contributed by atoms with E-state index in [1.807, 2.05) is 18.2 Å². The van der Waals surface area contributed by atoms with Crippen molar-refractivity contribution in [3.8, 4) is 5.75 Å². The highest BCUT2D eigenvalue weighted by Crippen LogP contribution is 2.25. The summed E-state index contributed by atoms with van der Waals surface area (Å²) in [6.07, 6.45) is 20.9. The first-order valence-electron chi connectivity index (χ1n) is 16.1. The van der Waals surface area contributed by atoms with Gasteiger partial charge in [0.1, 0.15) is 17.9 Å². The maximum absolute atomic E-state index is 13.0. The van der Waals surface area contributed by atoms with E-state index in [0.717, 1.165) is 100 Å². The Hall–Kier alpha value is -3.09. The number of hydrogen-bond acceptors (Lipinski definition) is 5. The van der Waals surface area contributed by atoms with Crippen molar-refractivity contribution in [2.24, 2.45) is 5.92 Å². The molecule has 0 spiro atoms. The van der Waals surface area contributed by atoms with E-state index in [1.165, 1.54) is 12.0 Å². The van der Waals surface area contributed by atoms with Crippen LogP contribution in [0.3, 0.4) is 0 Å². The number of amides is 2. The Kier molecular flexibility index (Phi) is 14.7. The molecule has 2 bridgehead atoms. The SMILES string of the molecule is COc1cc2cc(c1)NC(=O)CCCCCCC=CC[C@H](OC(=O)[C@@H](C)NC(=O)C1CCCCC1)CC/C(C)=C\CC2. The number of esters is 1. The topological polar surface area (TPSA) is 93.7 Å². The molecule has 1 fully saturated rings. The fourth-order valence-electron chi connectivity index (χ4n) is 5.71. The quantitative estimate of drug-likeness (QED) is 0.276. The number of nitrogens with one attached hydrogen (secondary N) is 2. The minimum absolute atomic E-state index is 0.0132. The molecular formula is C35H52N2O5. The second-order valence-electron chi connectivity index (χ2n) is 12.0. The van der Waals surface area contributed by atoms with Gasteiger partial charge in [-0.25, -0.2) is 4.79 Å². The van der Waals surface area contributed by atoms with Gasteiger partial charge in [0.25, 0.3) is 0 Å². The molecule has 232 valence electrons. The maximum atomic E-state index is 13.0. The number of carbonyl (C=O) groups is 3. The van der Waals surface area contributed by atoms with Crippen molar-refractivity contribution >= 4 is 23.5 Å². The molecule has 1 aliphatic carbocycles. The molecule has 1 saturated carbocycles. The molecule has 7 heteroatoms. The lowest BCUT2D eigenvalue weighted by Crippen LogP contribution is -2.43. The Morgan fingerprint density at radius 3 is 2.45 bits per heavy atom. The third kappa shape index (κ3) is 12.4. The highest BCUT2D eigenvalue weighted by atomic mass is 16.5. The van der Waals surface area contributed by atoms with Crippen LogP contribution in [0.15, 0.2) is 42.0 Å². The first kappa shape index (κ1) is 33.4. The molecule has 0 saturated heterocycles. The van der Waals surface area contributed by atoms with Gasteiger partial charge in [-0.1, -0.05) is 55.9 Å². The third-order valence-electron chi connectivity index (χ3n) is 8.33. The number of rotatable bonds is 5. The lowest BCUT2D eigenvalue weighted by atomic mass is 9.88. The average Bonchev–Trinajstić information content (AvgIpc) is 2.98.